The molecule has 0 aromatic carbocycles. The molecular formula is C69H112O16P2. The molecule has 0 aliphatic carbocycles. The molecule has 16 nitrogen and oxygen atoms in total. The van der Waals surface area contributed by atoms with Gasteiger partial charge in [0.15, 0.2) is 6.10 Å². The highest BCUT2D eigenvalue weighted by atomic mass is 31.2. The van der Waals surface area contributed by atoms with Crippen LogP contribution in [0.1, 0.15) is 213 Å². The number of phosphoric acid groups is 2. The van der Waals surface area contributed by atoms with Gasteiger partial charge in [-0.05, 0) is 135 Å². The zero-order valence-corrected chi connectivity index (χ0v) is 54.9. The SMILES string of the molecule is CC/C=C\C/C=C\C/C=C\C/C=C\C/C=C\C/C=C\CCCCC(=O)OCC(O)COP(=O)(O)OCC(O)COP(=O)(O)OCC(COC(=O)CCCCCCC/C=C\C/C=C\C/C=C\CC)OC(=O)CCCCCCC/C=C\C/C=C\C/C=C\CC. The molecule has 0 heterocycles. The predicted molar refractivity (Wildman–Crippen MR) is 352 cm³/mol. The first kappa shape index (κ1) is 82.4. The Kier molecular flexibility index (Phi) is 58.4. The van der Waals surface area contributed by atoms with Gasteiger partial charge in [0.05, 0.1) is 26.4 Å². The molecule has 0 saturated carbocycles. The van der Waals surface area contributed by atoms with Crippen molar-refractivity contribution in [2.75, 3.05) is 39.6 Å². The molecule has 18 heteroatoms. The zero-order chi connectivity index (χ0) is 63.8. The van der Waals surface area contributed by atoms with Gasteiger partial charge in [-0.3, -0.25) is 32.5 Å². The summed E-state index contributed by atoms with van der Waals surface area (Å²) in [5.74, 6) is -1.67. The Hall–Kier alpha value is -4.57. The van der Waals surface area contributed by atoms with E-state index in [1.54, 1.807) is 0 Å². The number of allylic oxidation sites excluding steroid dienone is 24. The average molecular weight is 1260 g/mol. The largest absolute Gasteiger partial charge is 0.472 e. The van der Waals surface area contributed by atoms with E-state index in [9.17, 15) is 43.5 Å². The van der Waals surface area contributed by atoms with Crippen LogP contribution in [0.5, 0.6) is 0 Å². The molecule has 0 spiro atoms. The number of hydrogen-bond donors (Lipinski definition) is 4. The number of hydrogen-bond acceptors (Lipinski definition) is 14. The van der Waals surface area contributed by atoms with Gasteiger partial charge in [0.25, 0.3) is 0 Å². The fourth-order valence-electron chi connectivity index (χ4n) is 7.72. The lowest BCUT2D eigenvalue weighted by molar-refractivity contribution is -0.161. The normalized spacial score (nSPS) is 15.3. The minimum atomic E-state index is -4.94. The maximum atomic E-state index is 12.9. The Morgan fingerprint density at radius 2 is 0.575 bits per heavy atom. The van der Waals surface area contributed by atoms with E-state index in [0.717, 1.165) is 154 Å². The van der Waals surface area contributed by atoms with Crippen molar-refractivity contribution in [2.45, 2.75) is 232 Å². The first-order valence-electron chi connectivity index (χ1n) is 32.1. The van der Waals surface area contributed by atoms with Crippen LogP contribution in [0.15, 0.2) is 146 Å². The van der Waals surface area contributed by atoms with Crippen molar-refractivity contribution in [3.8, 4) is 0 Å². The first-order valence-corrected chi connectivity index (χ1v) is 35.1. The molecule has 4 N–H and O–H groups in total. The van der Waals surface area contributed by atoms with Crippen LogP contribution < -0.4 is 0 Å². The lowest BCUT2D eigenvalue weighted by Gasteiger charge is -2.21. The second-order valence-electron chi connectivity index (χ2n) is 20.8. The Morgan fingerprint density at radius 1 is 0.322 bits per heavy atom. The number of aliphatic hydroxyl groups excluding tert-OH is 2. The van der Waals surface area contributed by atoms with Gasteiger partial charge in [-0.1, -0.05) is 205 Å². The first-order chi connectivity index (χ1) is 42.2. The number of aliphatic hydroxyl groups is 2. The van der Waals surface area contributed by atoms with Gasteiger partial charge in [-0.25, -0.2) is 9.13 Å². The van der Waals surface area contributed by atoms with Crippen LogP contribution in [-0.2, 0) is 55.8 Å². The smallest absolute Gasteiger partial charge is 0.463 e. The van der Waals surface area contributed by atoms with Crippen LogP contribution in [0, 0.1) is 0 Å². The third-order valence-electron chi connectivity index (χ3n) is 12.5. The fourth-order valence-corrected chi connectivity index (χ4v) is 9.30. The standard InChI is InChI=1S/C69H112O16P2/c1-4-7-10-13-16-19-22-25-28-29-30-31-32-33-36-38-40-43-46-49-52-55-67(72)79-58-64(70)59-81-86(75,76)82-60-65(71)61-83-87(77,78)84-63-66(85-69(74)57-54-51-48-45-42-39-35-27-24-21-18-15-12-9-6-3)62-80-68(73)56-53-50-47-44-41-37-34-26-23-20-17-14-11-8-5-2/h7-12,16-21,25-28,30-31,33-36,40,43,64-66,70-71H,4-6,13-15,22-24,29,32,37-39,41-42,44-63H2,1-3H3,(H,75,76)(H,77,78)/b10-7-,11-8-,12-9-,19-16-,20-17-,21-18-,28-25-,31-30-,34-26-,35-27-,36-33-,43-40-. The summed E-state index contributed by atoms with van der Waals surface area (Å²) in [6, 6.07) is 0. The summed E-state index contributed by atoms with van der Waals surface area (Å²) in [7, 11) is -9.80. The van der Waals surface area contributed by atoms with Crippen molar-refractivity contribution in [2.24, 2.45) is 0 Å². The van der Waals surface area contributed by atoms with Gasteiger partial charge in [-0.15, -0.1) is 0 Å². The number of carbonyl (C=O) groups is 3. The highest BCUT2D eigenvalue weighted by Crippen LogP contribution is 2.45. The summed E-state index contributed by atoms with van der Waals surface area (Å²) in [6.45, 7) is 2.19. The van der Waals surface area contributed by atoms with Gasteiger partial charge < -0.3 is 34.2 Å². The number of ether oxygens (including phenoxy) is 3. The number of carbonyl (C=O) groups excluding carboxylic acids is 3. The summed E-state index contributed by atoms with van der Waals surface area (Å²) in [5, 5.41) is 20.5. The topological polar surface area (TPSA) is 231 Å². The number of rotatable bonds is 59. The summed E-state index contributed by atoms with van der Waals surface area (Å²) < 4.78 is 60.7. The minimum absolute atomic E-state index is 0.0749. The Bertz CT molecular complexity index is 2170. The van der Waals surface area contributed by atoms with Gasteiger partial charge in [-0.2, -0.15) is 0 Å². The molecule has 0 saturated heterocycles. The van der Waals surface area contributed by atoms with E-state index in [0.29, 0.717) is 19.3 Å². The van der Waals surface area contributed by atoms with E-state index in [2.05, 4.69) is 167 Å². The van der Waals surface area contributed by atoms with Crippen LogP contribution in [0.4, 0.5) is 0 Å². The molecule has 0 rings (SSSR count). The van der Waals surface area contributed by atoms with E-state index < -0.39 is 91.5 Å². The van der Waals surface area contributed by atoms with Crippen molar-refractivity contribution in [3.63, 3.8) is 0 Å². The van der Waals surface area contributed by atoms with Gasteiger partial charge in [0.1, 0.15) is 25.4 Å². The lowest BCUT2D eigenvalue weighted by Crippen LogP contribution is -2.30. The summed E-state index contributed by atoms with van der Waals surface area (Å²) >= 11 is 0. The van der Waals surface area contributed by atoms with Gasteiger partial charge in [0.2, 0.25) is 0 Å². The molecule has 0 aliphatic rings. The van der Waals surface area contributed by atoms with E-state index in [-0.39, 0.29) is 19.3 Å². The molecule has 0 amide bonds. The maximum Gasteiger partial charge on any atom is 0.472 e. The Labute approximate surface area is 524 Å². The van der Waals surface area contributed by atoms with Crippen molar-refractivity contribution < 1.29 is 75.8 Å². The monoisotopic (exact) mass is 1260 g/mol. The van der Waals surface area contributed by atoms with Crippen LogP contribution >= 0.6 is 15.6 Å². The Morgan fingerprint density at radius 3 is 0.931 bits per heavy atom. The lowest BCUT2D eigenvalue weighted by atomic mass is 10.1. The van der Waals surface area contributed by atoms with E-state index in [1.165, 1.54) is 0 Å². The third-order valence-corrected chi connectivity index (χ3v) is 14.4. The van der Waals surface area contributed by atoms with Crippen molar-refractivity contribution >= 4 is 33.6 Å². The summed E-state index contributed by atoms with van der Waals surface area (Å²) in [4.78, 5) is 58.2. The minimum Gasteiger partial charge on any atom is -0.463 e. The molecule has 5 unspecified atom stereocenters. The van der Waals surface area contributed by atoms with Crippen molar-refractivity contribution in [3.05, 3.63) is 146 Å². The van der Waals surface area contributed by atoms with Gasteiger partial charge in [0, 0.05) is 19.3 Å². The predicted octanol–water partition coefficient (Wildman–Crippen LogP) is 17.4. The Balaban J connectivity index is 4.73. The number of unbranched alkanes of at least 4 members (excludes halogenated alkanes) is 12. The van der Waals surface area contributed by atoms with E-state index in [4.69, 9.17) is 32.3 Å². The number of phosphoric ester groups is 2. The zero-order valence-electron chi connectivity index (χ0n) is 53.1. The molecule has 0 aliphatic heterocycles. The fraction of sp³-hybridized carbons (Fsp3) is 0.609. The second-order valence-corrected chi connectivity index (χ2v) is 23.7. The molecule has 0 fully saturated rings. The van der Waals surface area contributed by atoms with Crippen LogP contribution in [-0.4, -0.2) is 95.9 Å². The molecular weight excluding hydrogens is 1150 g/mol. The summed E-state index contributed by atoms with van der Waals surface area (Å²) in [6.07, 6.45) is 72.0. The quantitative estimate of drug-likeness (QED) is 0.0146. The van der Waals surface area contributed by atoms with Crippen molar-refractivity contribution in [1.82, 2.24) is 0 Å². The second kappa shape index (κ2) is 61.7. The van der Waals surface area contributed by atoms with Gasteiger partial charge >= 0.3 is 33.6 Å². The molecule has 0 radical (unpaired) electrons. The van der Waals surface area contributed by atoms with Crippen molar-refractivity contribution in [1.29, 1.82) is 0 Å². The highest BCUT2D eigenvalue weighted by Gasteiger charge is 2.29. The molecule has 494 valence electrons. The molecule has 87 heavy (non-hydrogen) atoms. The third kappa shape index (κ3) is 62.8. The van der Waals surface area contributed by atoms with E-state index in [1.807, 2.05) is 0 Å². The van der Waals surface area contributed by atoms with Crippen LogP contribution in [0.2, 0.25) is 0 Å². The highest BCUT2D eigenvalue weighted by molar-refractivity contribution is 7.47. The average Bonchev–Trinajstić information content (AvgIpc) is 3.68. The van der Waals surface area contributed by atoms with Crippen LogP contribution in [0.3, 0.4) is 0 Å². The molecule has 5 atom stereocenters. The molecule has 0 bridgehead atoms. The molecule has 0 aromatic heterocycles. The molecule has 0 aromatic rings. The number of esters is 3. The van der Waals surface area contributed by atoms with Crippen LogP contribution in [0.25, 0.3) is 0 Å². The summed E-state index contributed by atoms with van der Waals surface area (Å²) in [5.41, 5.74) is 0. The maximum absolute atomic E-state index is 12.9. The van der Waals surface area contributed by atoms with E-state index >= 15 is 0 Å².